The number of carbonyl (C=O) groups excluding carboxylic acids is 1. The van der Waals surface area contributed by atoms with Crippen LogP contribution in [0.15, 0.2) is 36.9 Å². The van der Waals surface area contributed by atoms with E-state index >= 15 is 0 Å². The smallest absolute Gasteiger partial charge is 0.227 e. The molecule has 16 heavy (non-hydrogen) atoms. The predicted molar refractivity (Wildman–Crippen MR) is 66.6 cm³/mol. The third kappa shape index (κ3) is 1.75. The van der Waals surface area contributed by atoms with Gasteiger partial charge in [-0.1, -0.05) is 31.2 Å². The third-order valence-corrected chi connectivity index (χ3v) is 3.19. The number of nitrogens with zero attached hydrogens (tertiary/aromatic N) is 1. The summed E-state index contributed by atoms with van der Waals surface area (Å²) in [5.74, 6) is 0.593. The van der Waals surface area contributed by atoms with Gasteiger partial charge in [-0.2, -0.15) is 0 Å². The van der Waals surface area contributed by atoms with Crippen LogP contribution in [0, 0.1) is 0 Å². The standard InChI is InChI=1S/C14H17NO/c1-3-9-15-13-8-6-5-7-12(13)11(4-2)10-14(15)16/h3,5-8,11H,1,4,9-10H2,2H3/t11-/m0/s1. The lowest BCUT2D eigenvalue weighted by atomic mass is 9.87. The van der Waals surface area contributed by atoms with Crippen LogP contribution in [0.3, 0.4) is 0 Å². The normalized spacial score (nSPS) is 19.4. The number of anilines is 1. The van der Waals surface area contributed by atoms with Crippen molar-refractivity contribution in [3.8, 4) is 0 Å². The summed E-state index contributed by atoms with van der Waals surface area (Å²) in [5, 5.41) is 0. The highest BCUT2D eigenvalue weighted by Crippen LogP contribution is 2.37. The van der Waals surface area contributed by atoms with Gasteiger partial charge in [0.15, 0.2) is 0 Å². The largest absolute Gasteiger partial charge is 0.308 e. The van der Waals surface area contributed by atoms with Crippen LogP contribution in [-0.2, 0) is 4.79 Å². The highest BCUT2D eigenvalue weighted by Gasteiger charge is 2.28. The van der Waals surface area contributed by atoms with Crippen molar-refractivity contribution in [2.75, 3.05) is 11.4 Å². The molecule has 0 bridgehead atoms. The molecule has 0 spiro atoms. The van der Waals surface area contributed by atoms with E-state index in [1.54, 1.807) is 6.08 Å². The molecule has 2 rings (SSSR count). The number of hydrogen-bond acceptors (Lipinski definition) is 1. The summed E-state index contributed by atoms with van der Waals surface area (Å²) >= 11 is 0. The molecule has 0 unspecified atom stereocenters. The summed E-state index contributed by atoms with van der Waals surface area (Å²) in [6.45, 7) is 6.45. The highest BCUT2D eigenvalue weighted by atomic mass is 16.2. The molecule has 0 fully saturated rings. The van der Waals surface area contributed by atoms with Crippen LogP contribution < -0.4 is 4.90 Å². The van der Waals surface area contributed by atoms with Gasteiger partial charge in [0.2, 0.25) is 5.91 Å². The Morgan fingerprint density at radius 3 is 2.94 bits per heavy atom. The number of benzene rings is 1. The van der Waals surface area contributed by atoms with Gasteiger partial charge in [-0.05, 0) is 24.0 Å². The fourth-order valence-electron chi connectivity index (χ4n) is 2.34. The zero-order valence-electron chi connectivity index (χ0n) is 9.65. The van der Waals surface area contributed by atoms with Gasteiger partial charge in [-0.15, -0.1) is 6.58 Å². The van der Waals surface area contributed by atoms with E-state index in [2.05, 4.69) is 19.6 Å². The first-order valence-electron chi connectivity index (χ1n) is 5.78. The van der Waals surface area contributed by atoms with Crippen LogP contribution in [0.4, 0.5) is 5.69 Å². The Hall–Kier alpha value is -1.57. The molecule has 1 heterocycles. The van der Waals surface area contributed by atoms with Gasteiger partial charge in [0.1, 0.15) is 0 Å². The molecule has 1 atom stereocenters. The molecule has 0 aliphatic carbocycles. The molecule has 84 valence electrons. The quantitative estimate of drug-likeness (QED) is 0.709. The summed E-state index contributed by atoms with van der Waals surface area (Å²) in [4.78, 5) is 13.8. The molecule has 1 amide bonds. The van der Waals surface area contributed by atoms with E-state index in [4.69, 9.17) is 0 Å². The van der Waals surface area contributed by atoms with Gasteiger partial charge >= 0.3 is 0 Å². The van der Waals surface area contributed by atoms with Gasteiger partial charge in [0.25, 0.3) is 0 Å². The van der Waals surface area contributed by atoms with E-state index in [-0.39, 0.29) is 5.91 Å². The first kappa shape index (κ1) is 10.9. The lowest BCUT2D eigenvalue weighted by molar-refractivity contribution is -0.119. The molecule has 1 aromatic rings. The molecule has 2 heteroatoms. The van der Waals surface area contributed by atoms with Crippen LogP contribution in [-0.4, -0.2) is 12.5 Å². The van der Waals surface area contributed by atoms with Crippen molar-refractivity contribution in [2.45, 2.75) is 25.7 Å². The lowest BCUT2D eigenvalue weighted by Gasteiger charge is -2.33. The predicted octanol–water partition coefficient (Wildman–Crippen LogP) is 3.10. The van der Waals surface area contributed by atoms with Gasteiger partial charge in [-0.3, -0.25) is 4.79 Å². The second-order valence-corrected chi connectivity index (χ2v) is 4.16. The molecule has 0 N–H and O–H groups in total. The van der Waals surface area contributed by atoms with Crippen molar-refractivity contribution >= 4 is 11.6 Å². The van der Waals surface area contributed by atoms with Gasteiger partial charge in [0, 0.05) is 18.7 Å². The van der Waals surface area contributed by atoms with E-state index < -0.39 is 0 Å². The Morgan fingerprint density at radius 1 is 1.50 bits per heavy atom. The Labute approximate surface area is 96.6 Å². The summed E-state index contributed by atoms with van der Waals surface area (Å²) in [7, 11) is 0. The Bertz CT molecular complexity index is 411. The topological polar surface area (TPSA) is 20.3 Å². The molecule has 2 nitrogen and oxygen atoms in total. The lowest BCUT2D eigenvalue weighted by Crippen LogP contribution is -2.36. The van der Waals surface area contributed by atoms with E-state index in [0.29, 0.717) is 18.9 Å². The minimum atomic E-state index is 0.213. The molecule has 0 saturated heterocycles. The maximum atomic E-state index is 12.0. The summed E-state index contributed by atoms with van der Waals surface area (Å²) < 4.78 is 0. The fourth-order valence-corrected chi connectivity index (χ4v) is 2.34. The minimum absolute atomic E-state index is 0.213. The molecule has 1 aromatic carbocycles. The van der Waals surface area contributed by atoms with Crippen LogP contribution in [0.2, 0.25) is 0 Å². The van der Waals surface area contributed by atoms with Crippen molar-refractivity contribution in [1.82, 2.24) is 0 Å². The molecule has 0 aromatic heterocycles. The third-order valence-electron chi connectivity index (χ3n) is 3.19. The van der Waals surface area contributed by atoms with Crippen LogP contribution in [0.1, 0.15) is 31.2 Å². The Morgan fingerprint density at radius 2 is 2.25 bits per heavy atom. The fraction of sp³-hybridized carbons (Fsp3) is 0.357. The second-order valence-electron chi connectivity index (χ2n) is 4.16. The molecule has 0 saturated carbocycles. The Balaban J connectivity index is 2.45. The number of fused-ring (bicyclic) bond motifs is 1. The first-order chi connectivity index (χ1) is 7.77. The highest BCUT2D eigenvalue weighted by molar-refractivity contribution is 5.97. The number of carbonyl (C=O) groups is 1. The number of amides is 1. The van der Waals surface area contributed by atoms with E-state index in [1.807, 2.05) is 23.1 Å². The van der Waals surface area contributed by atoms with Gasteiger partial charge < -0.3 is 4.90 Å². The molecular formula is C14H17NO. The number of hydrogen-bond donors (Lipinski definition) is 0. The van der Waals surface area contributed by atoms with Gasteiger partial charge in [-0.25, -0.2) is 0 Å². The monoisotopic (exact) mass is 215 g/mol. The van der Waals surface area contributed by atoms with Crippen LogP contribution in [0.5, 0.6) is 0 Å². The zero-order chi connectivity index (χ0) is 11.5. The summed E-state index contributed by atoms with van der Waals surface area (Å²) in [6, 6.07) is 8.19. The molecule has 1 aliphatic heterocycles. The van der Waals surface area contributed by atoms with Gasteiger partial charge in [0.05, 0.1) is 0 Å². The minimum Gasteiger partial charge on any atom is -0.308 e. The summed E-state index contributed by atoms with van der Waals surface area (Å²) in [5.41, 5.74) is 2.36. The maximum Gasteiger partial charge on any atom is 0.227 e. The van der Waals surface area contributed by atoms with Crippen molar-refractivity contribution < 1.29 is 4.79 Å². The molecular weight excluding hydrogens is 198 g/mol. The van der Waals surface area contributed by atoms with E-state index in [1.165, 1.54) is 5.56 Å². The Kier molecular flexibility index (Phi) is 3.09. The SMILES string of the molecule is C=CCN1C(=O)C[C@H](CC)c2ccccc21. The zero-order valence-corrected chi connectivity index (χ0v) is 9.65. The van der Waals surface area contributed by atoms with Crippen molar-refractivity contribution in [2.24, 2.45) is 0 Å². The van der Waals surface area contributed by atoms with E-state index in [9.17, 15) is 4.79 Å². The van der Waals surface area contributed by atoms with Crippen LogP contribution in [0.25, 0.3) is 0 Å². The van der Waals surface area contributed by atoms with Crippen molar-refractivity contribution in [1.29, 1.82) is 0 Å². The molecule has 0 radical (unpaired) electrons. The van der Waals surface area contributed by atoms with Crippen molar-refractivity contribution in [3.63, 3.8) is 0 Å². The second kappa shape index (κ2) is 4.52. The average molecular weight is 215 g/mol. The first-order valence-corrected chi connectivity index (χ1v) is 5.78. The maximum absolute atomic E-state index is 12.0. The summed E-state index contributed by atoms with van der Waals surface area (Å²) in [6.07, 6.45) is 3.42. The number of para-hydroxylation sites is 1. The molecule has 1 aliphatic rings. The average Bonchev–Trinajstić information content (AvgIpc) is 2.32. The van der Waals surface area contributed by atoms with Crippen LogP contribution >= 0.6 is 0 Å². The number of rotatable bonds is 3. The van der Waals surface area contributed by atoms with E-state index in [0.717, 1.165) is 12.1 Å². The van der Waals surface area contributed by atoms with Crippen molar-refractivity contribution in [3.05, 3.63) is 42.5 Å².